The number of aliphatic hydroxyl groups excluding tert-OH is 1. The maximum Gasteiger partial charge on any atom is 0.215 e. The number of nitrogens with one attached hydrogen (secondary N) is 2. The molecular formula is C16H36N4O3S. The second-order valence-corrected chi connectivity index (χ2v) is 7.80. The Morgan fingerprint density at radius 2 is 1.79 bits per heavy atom. The third-order valence-electron chi connectivity index (χ3n) is 3.84. The van der Waals surface area contributed by atoms with E-state index >= 15 is 0 Å². The van der Waals surface area contributed by atoms with Crippen LogP contribution in [0.3, 0.4) is 0 Å². The van der Waals surface area contributed by atoms with Gasteiger partial charge in [-0.3, -0.25) is 4.99 Å². The predicted molar refractivity (Wildman–Crippen MR) is 101 cm³/mol. The van der Waals surface area contributed by atoms with Crippen LogP contribution in [0.25, 0.3) is 0 Å². The Bertz CT molecular complexity index is 431. The molecule has 1 atom stereocenters. The number of sulfonamides is 1. The molecule has 7 nitrogen and oxygen atoms in total. The van der Waals surface area contributed by atoms with Gasteiger partial charge >= 0.3 is 0 Å². The lowest BCUT2D eigenvalue weighted by atomic mass is 10.0. The van der Waals surface area contributed by atoms with Crippen LogP contribution < -0.4 is 10.6 Å². The molecule has 0 radical (unpaired) electrons. The number of aliphatic imine (C=N–C) groups is 1. The maximum absolute atomic E-state index is 12.2. The first-order valence-corrected chi connectivity index (χ1v) is 10.7. The van der Waals surface area contributed by atoms with Gasteiger partial charge in [0, 0.05) is 39.3 Å². The largest absolute Gasteiger partial charge is 0.396 e. The van der Waals surface area contributed by atoms with Gasteiger partial charge in [0.2, 0.25) is 10.0 Å². The zero-order valence-corrected chi connectivity index (χ0v) is 16.5. The van der Waals surface area contributed by atoms with Gasteiger partial charge in [-0.2, -0.15) is 0 Å². The van der Waals surface area contributed by atoms with Crippen molar-refractivity contribution < 1.29 is 13.5 Å². The average molecular weight is 365 g/mol. The average Bonchev–Trinajstić information content (AvgIpc) is 2.53. The van der Waals surface area contributed by atoms with Gasteiger partial charge in [-0.25, -0.2) is 12.7 Å². The van der Waals surface area contributed by atoms with Crippen molar-refractivity contribution in [3.05, 3.63) is 0 Å². The van der Waals surface area contributed by atoms with Crippen molar-refractivity contribution in [2.45, 2.75) is 47.0 Å². The van der Waals surface area contributed by atoms with E-state index in [2.05, 4.69) is 22.5 Å². The van der Waals surface area contributed by atoms with Gasteiger partial charge in [0.25, 0.3) is 0 Å². The molecule has 8 heteroatoms. The van der Waals surface area contributed by atoms with Crippen LogP contribution in [0.4, 0.5) is 0 Å². The molecule has 0 spiro atoms. The van der Waals surface area contributed by atoms with E-state index in [1.807, 2.05) is 20.8 Å². The maximum atomic E-state index is 12.2. The molecule has 0 aromatic carbocycles. The van der Waals surface area contributed by atoms with Crippen molar-refractivity contribution >= 4 is 16.0 Å². The summed E-state index contributed by atoms with van der Waals surface area (Å²) in [5.74, 6) is 1.04. The van der Waals surface area contributed by atoms with Crippen molar-refractivity contribution in [1.82, 2.24) is 14.9 Å². The third kappa shape index (κ3) is 9.44. The van der Waals surface area contributed by atoms with Crippen molar-refractivity contribution in [2.75, 3.05) is 45.1 Å². The summed E-state index contributed by atoms with van der Waals surface area (Å²) in [6.07, 6.45) is 2.83. The number of aliphatic hydroxyl groups is 1. The fourth-order valence-corrected chi connectivity index (χ4v) is 3.93. The van der Waals surface area contributed by atoms with E-state index in [0.717, 1.165) is 19.3 Å². The van der Waals surface area contributed by atoms with Crippen LogP contribution in [0.5, 0.6) is 0 Å². The van der Waals surface area contributed by atoms with Crippen molar-refractivity contribution in [1.29, 1.82) is 0 Å². The number of hydrogen-bond acceptors (Lipinski definition) is 4. The smallest absolute Gasteiger partial charge is 0.215 e. The van der Waals surface area contributed by atoms with Gasteiger partial charge in [0.15, 0.2) is 5.96 Å². The summed E-state index contributed by atoms with van der Waals surface area (Å²) >= 11 is 0. The molecule has 144 valence electrons. The van der Waals surface area contributed by atoms with Gasteiger partial charge < -0.3 is 15.7 Å². The molecule has 0 saturated heterocycles. The van der Waals surface area contributed by atoms with E-state index in [9.17, 15) is 8.42 Å². The second-order valence-electron chi connectivity index (χ2n) is 5.71. The van der Waals surface area contributed by atoms with Crippen LogP contribution in [0, 0.1) is 5.92 Å². The molecule has 0 fully saturated rings. The Morgan fingerprint density at radius 3 is 2.29 bits per heavy atom. The Balaban J connectivity index is 4.59. The molecule has 0 aliphatic rings. The Labute approximate surface area is 148 Å². The second kappa shape index (κ2) is 13.4. The van der Waals surface area contributed by atoms with Gasteiger partial charge in [-0.05, 0) is 25.7 Å². The highest BCUT2D eigenvalue weighted by Crippen LogP contribution is 2.10. The summed E-state index contributed by atoms with van der Waals surface area (Å²) in [4.78, 5) is 4.53. The number of nitrogens with zero attached hydrogens (tertiary/aromatic N) is 2. The molecule has 1 unspecified atom stereocenters. The van der Waals surface area contributed by atoms with Crippen LogP contribution >= 0.6 is 0 Å². The zero-order valence-electron chi connectivity index (χ0n) is 15.7. The lowest BCUT2D eigenvalue weighted by Crippen LogP contribution is -2.42. The van der Waals surface area contributed by atoms with E-state index < -0.39 is 10.0 Å². The summed E-state index contributed by atoms with van der Waals surface area (Å²) in [5.41, 5.74) is 0. The quantitative estimate of drug-likeness (QED) is 0.335. The molecule has 3 N–H and O–H groups in total. The molecule has 0 bridgehead atoms. The Hall–Kier alpha value is -0.860. The summed E-state index contributed by atoms with van der Waals surface area (Å²) in [7, 11) is -3.23. The van der Waals surface area contributed by atoms with Crippen LogP contribution in [-0.4, -0.2) is 68.9 Å². The van der Waals surface area contributed by atoms with Gasteiger partial charge in [0.05, 0.1) is 5.75 Å². The van der Waals surface area contributed by atoms with Gasteiger partial charge in [-0.15, -0.1) is 0 Å². The lowest BCUT2D eigenvalue weighted by molar-refractivity contribution is 0.253. The summed E-state index contributed by atoms with van der Waals surface area (Å²) in [5, 5.41) is 15.3. The molecule has 0 aliphatic carbocycles. The highest BCUT2D eigenvalue weighted by molar-refractivity contribution is 7.89. The topological polar surface area (TPSA) is 94.0 Å². The van der Waals surface area contributed by atoms with E-state index in [1.165, 1.54) is 4.31 Å². The normalized spacial score (nSPS) is 14.0. The molecular weight excluding hydrogens is 328 g/mol. The van der Waals surface area contributed by atoms with Gasteiger partial charge in [0.1, 0.15) is 0 Å². The van der Waals surface area contributed by atoms with Crippen LogP contribution in [0.15, 0.2) is 4.99 Å². The molecule has 0 rings (SSSR count). The molecule has 24 heavy (non-hydrogen) atoms. The Kier molecular flexibility index (Phi) is 13.0. The lowest BCUT2D eigenvalue weighted by Gasteiger charge is -2.19. The first kappa shape index (κ1) is 23.1. The minimum atomic E-state index is -3.23. The monoisotopic (exact) mass is 364 g/mol. The SMILES string of the molecule is CCCC(CCO)CN=C(NCC)NCCS(=O)(=O)N(CC)CC. The first-order chi connectivity index (χ1) is 11.4. The van der Waals surface area contributed by atoms with E-state index in [0.29, 0.717) is 44.6 Å². The number of rotatable bonds is 13. The van der Waals surface area contributed by atoms with E-state index in [-0.39, 0.29) is 12.4 Å². The Morgan fingerprint density at radius 1 is 1.12 bits per heavy atom. The fourth-order valence-electron chi connectivity index (χ4n) is 2.52. The van der Waals surface area contributed by atoms with E-state index in [4.69, 9.17) is 5.11 Å². The van der Waals surface area contributed by atoms with E-state index in [1.54, 1.807) is 0 Å². The minimum Gasteiger partial charge on any atom is -0.396 e. The summed E-state index contributed by atoms with van der Waals surface area (Å²) in [6.45, 7) is 10.6. The molecule has 0 amide bonds. The molecule has 0 aromatic rings. The zero-order chi connectivity index (χ0) is 18.4. The molecule has 0 heterocycles. The van der Waals surface area contributed by atoms with Crippen molar-refractivity contribution in [3.8, 4) is 0 Å². The number of guanidine groups is 1. The van der Waals surface area contributed by atoms with Crippen LogP contribution in [0.2, 0.25) is 0 Å². The summed E-state index contributed by atoms with van der Waals surface area (Å²) < 4.78 is 25.8. The van der Waals surface area contributed by atoms with Gasteiger partial charge in [-0.1, -0.05) is 27.2 Å². The fraction of sp³-hybridized carbons (Fsp3) is 0.938. The van der Waals surface area contributed by atoms with Crippen LogP contribution in [-0.2, 0) is 10.0 Å². The highest BCUT2D eigenvalue weighted by atomic mass is 32.2. The predicted octanol–water partition coefficient (Wildman–Crippen LogP) is 1.01. The van der Waals surface area contributed by atoms with Crippen LogP contribution in [0.1, 0.15) is 47.0 Å². The van der Waals surface area contributed by atoms with Crippen molar-refractivity contribution in [2.24, 2.45) is 10.9 Å². The molecule has 0 aromatic heterocycles. The standard InChI is InChI=1S/C16H36N4O3S/c1-5-9-15(10-12-21)14-19-16(17-6-2)18-11-13-24(22,23)20(7-3)8-4/h15,21H,5-14H2,1-4H3,(H2,17,18,19). The molecule has 0 saturated carbocycles. The summed E-state index contributed by atoms with van der Waals surface area (Å²) in [6, 6.07) is 0. The highest BCUT2D eigenvalue weighted by Gasteiger charge is 2.18. The number of hydrogen-bond donors (Lipinski definition) is 3. The molecule has 0 aliphatic heterocycles. The van der Waals surface area contributed by atoms with Crippen molar-refractivity contribution in [3.63, 3.8) is 0 Å². The third-order valence-corrected chi connectivity index (χ3v) is 5.86. The minimum absolute atomic E-state index is 0.0497. The first-order valence-electron chi connectivity index (χ1n) is 9.05.